The number of benzene rings is 1. The van der Waals surface area contributed by atoms with Crippen molar-refractivity contribution in [1.82, 2.24) is 4.90 Å². The SMILES string of the molecule is CC1CC(C(=O)O)CN(C(=O)C(C)SCC(=O)Nc2ccc(F)cc2)C1. The number of nitrogens with zero attached hydrogens (tertiary/aromatic N) is 1. The third kappa shape index (κ3) is 5.72. The second-order valence-corrected chi connectivity index (χ2v) is 7.96. The molecule has 142 valence electrons. The third-order valence-electron chi connectivity index (χ3n) is 4.26. The molecule has 0 aliphatic carbocycles. The van der Waals surface area contributed by atoms with Crippen molar-refractivity contribution < 1.29 is 23.9 Å². The first-order valence-corrected chi connectivity index (χ1v) is 9.49. The highest BCUT2D eigenvalue weighted by molar-refractivity contribution is 8.01. The largest absolute Gasteiger partial charge is 0.481 e. The second kappa shape index (κ2) is 9.02. The van der Waals surface area contributed by atoms with Crippen LogP contribution in [0.5, 0.6) is 0 Å². The maximum absolute atomic E-state index is 12.9. The average Bonchev–Trinajstić information content (AvgIpc) is 2.60. The van der Waals surface area contributed by atoms with Gasteiger partial charge in [0, 0.05) is 18.8 Å². The zero-order valence-corrected chi connectivity index (χ0v) is 15.6. The summed E-state index contributed by atoms with van der Waals surface area (Å²) in [4.78, 5) is 37.3. The number of nitrogens with one attached hydrogen (secondary N) is 1. The van der Waals surface area contributed by atoms with E-state index in [2.05, 4.69) is 5.32 Å². The minimum Gasteiger partial charge on any atom is -0.481 e. The van der Waals surface area contributed by atoms with E-state index >= 15 is 0 Å². The van der Waals surface area contributed by atoms with Gasteiger partial charge in [0.25, 0.3) is 0 Å². The van der Waals surface area contributed by atoms with Gasteiger partial charge in [0.15, 0.2) is 0 Å². The van der Waals surface area contributed by atoms with Crippen LogP contribution in [0, 0.1) is 17.7 Å². The van der Waals surface area contributed by atoms with Crippen LogP contribution in [0.25, 0.3) is 0 Å². The van der Waals surface area contributed by atoms with Crippen molar-refractivity contribution >= 4 is 35.2 Å². The van der Waals surface area contributed by atoms with Gasteiger partial charge in [-0.25, -0.2) is 4.39 Å². The van der Waals surface area contributed by atoms with Crippen molar-refractivity contribution in [3.8, 4) is 0 Å². The zero-order valence-electron chi connectivity index (χ0n) is 14.8. The first-order valence-electron chi connectivity index (χ1n) is 8.45. The van der Waals surface area contributed by atoms with Gasteiger partial charge in [-0.2, -0.15) is 0 Å². The maximum Gasteiger partial charge on any atom is 0.308 e. The summed E-state index contributed by atoms with van der Waals surface area (Å²) in [6, 6.07) is 5.44. The van der Waals surface area contributed by atoms with Crippen LogP contribution in [0.2, 0.25) is 0 Å². The van der Waals surface area contributed by atoms with Crippen LogP contribution < -0.4 is 5.32 Å². The lowest BCUT2D eigenvalue weighted by molar-refractivity contribution is -0.146. The number of rotatable bonds is 6. The lowest BCUT2D eigenvalue weighted by Crippen LogP contribution is -2.48. The van der Waals surface area contributed by atoms with E-state index in [0.29, 0.717) is 18.7 Å². The van der Waals surface area contributed by atoms with Gasteiger partial charge in [0.2, 0.25) is 11.8 Å². The zero-order chi connectivity index (χ0) is 19.3. The van der Waals surface area contributed by atoms with Gasteiger partial charge in [0.05, 0.1) is 16.9 Å². The summed E-state index contributed by atoms with van der Waals surface area (Å²) in [6.07, 6.45) is 0.570. The monoisotopic (exact) mass is 382 g/mol. The Morgan fingerprint density at radius 2 is 1.96 bits per heavy atom. The van der Waals surface area contributed by atoms with Crippen molar-refractivity contribution in [3.05, 3.63) is 30.1 Å². The van der Waals surface area contributed by atoms with E-state index in [0.717, 1.165) is 0 Å². The van der Waals surface area contributed by atoms with Crippen LogP contribution >= 0.6 is 11.8 Å². The molecule has 6 nitrogen and oxygen atoms in total. The summed E-state index contributed by atoms with van der Waals surface area (Å²) in [5, 5.41) is 11.4. The van der Waals surface area contributed by atoms with Gasteiger partial charge in [-0.05, 0) is 43.5 Å². The van der Waals surface area contributed by atoms with E-state index in [4.69, 9.17) is 0 Å². The fourth-order valence-electron chi connectivity index (χ4n) is 2.97. The Hall–Kier alpha value is -2.09. The van der Waals surface area contributed by atoms with Crippen molar-refractivity contribution in [2.75, 3.05) is 24.2 Å². The molecule has 8 heteroatoms. The molecule has 26 heavy (non-hydrogen) atoms. The molecule has 1 aromatic carbocycles. The van der Waals surface area contributed by atoms with Gasteiger partial charge in [-0.15, -0.1) is 11.8 Å². The molecule has 0 radical (unpaired) electrons. The molecule has 1 fully saturated rings. The first kappa shape index (κ1) is 20.2. The van der Waals surface area contributed by atoms with Crippen LogP contribution in [0.1, 0.15) is 20.3 Å². The van der Waals surface area contributed by atoms with E-state index < -0.39 is 17.1 Å². The second-order valence-electron chi connectivity index (χ2n) is 6.63. The van der Waals surface area contributed by atoms with Crippen molar-refractivity contribution in [2.45, 2.75) is 25.5 Å². The first-order chi connectivity index (χ1) is 12.3. The summed E-state index contributed by atoms with van der Waals surface area (Å²) in [5.41, 5.74) is 0.491. The summed E-state index contributed by atoms with van der Waals surface area (Å²) in [6.45, 7) is 4.40. The van der Waals surface area contributed by atoms with Crippen LogP contribution in [0.4, 0.5) is 10.1 Å². The topological polar surface area (TPSA) is 86.7 Å². The third-order valence-corrected chi connectivity index (χ3v) is 5.39. The number of hydrogen-bond donors (Lipinski definition) is 2. The molecule has 3 unspecified atom stereocenters. The van der Waals surface area contributed by atoms with Gasteiger partial charge >= 0.3 is 5.97 Å². The Bertz CT molecular complexity index is 668. The van der Waals surface area contributed by atoms with Crippen molar-refractivity contribution in [2.24, 2.45) is 11.8 Å². The van der Waals surface area contributed by atoms with Gasteiger partial charge < -0.3 is 15.3 Å². The highest BCUT2D eigenvalue weighted by Gasteiger charge is 2.33. The molecule has 2 N–H and O–H groups in total. The van der Waals surface area contributed by atoms with Gasteiger partial charge in [0.1, 0.15) is 5.82 Å². The molecule has 2 amide bonds. The molecule has 0 spiro atoms. The predicted octanol–water partition coefficient (Wildman–Crippen LogP) is 2.46. The average molecular weight is 382 g/mol. The molecule has 0 aromatic heterocycles. The molecule has 1 saturated heterocycles. The van der Waals surface area contributed by atoms with E-state index in [1.807, 2.05) is 6.92 Å². The molecule has 0 saturated carbocycles. The molecule has 1 aromatic rings. The van der Waals surface area contributed by atoms with Crippen LogP contribution in [-0.4, -0.2) is 51.9 Å². The number of carboxylic acids is 1. The lowest BCUT2D eigenvalue weighted by atomic mass is 9.90. The van der Waals surface area contributed by atoms with E-state index in [-0.39, 0.29) is 35.8 Å². The number of anilines is 1. The summed E-state index contributed by atoms with van der Waals surface area (Å²) in [7, 11) is 0. The Kier molecular flexibility index (Phi) is 7.02. The molecule has 3 atom stereocenters. The normalized spacial score (nSPS) is 21.1. The molecule has 0 bridgehead atoms. The molecule has 1 aliphatic heterocycles. The highest BCUT2D eigenvalue weighted by Crippen LogP contribution is 2.24. The van der Waals surface area contributed by atoms with Crippen molar-refractivity contribution in [3.63, 3.8) is 0 Å². The number of thioether (sulfide) groups is 1. The molecule has 1 heterocycles. The van der Waals surface area contributed by atoms with E-state index in [1.54, 1.807) is 11.8 Å². The molecular weight excluding hydrogens is 359 g/mol. The minimum atomic E-state index is -0.881. The van der Waals surface area contributed by atoms with Crippen molar-refractivity contribution in [1.29, 1.82) is 0 Å². The van der Waals surface area contributed by atoms with E-state index in [1.165, 1.54) is 36.0 Å². The predicted molar refractivity (Wildman–Crippen MR) is 98.4 cm³/mol. The minimum absolute atomic E-state index is 0.0794. The number of amides is 2. The molecular formula is C18H23FN2O4S. The maximum atomic E-state index is 12.9. The Morgan fingerprint density at radius 1 is 1.31 bits per heavy atom. The quantitative estimate of drug-likeness (QED) is 0.789. The fourth-order valence-corrected chi connectivity index (χ4v) is 3.73. The number of carboxylic acid groups (broad SMARTS) is 1. The van der Waals surface area contributed by atoms with E-state index in [9.17, 15) is 23.9 Å². The standard InChI is InChI=1S/C18H23FN2O4S/c1-11-7-13(18(24)25)9-21(8-11)17(23)12(2)26-10-16(22)20-15-5-3-14(19)4-6-15/h3-6,11-13H,7-10H2,1-2H3,(H,20,22)(H,24,25). The summed E-state index contributed by atoms with van der Waals surface area (Å²) >= 11 is 1.19. The number of piperidine rings is 1. The summed E-state index contributed by atoms with van der Waals surface area (Å²) < 4.78 is 12.9. The van der Waals surface area contributed by atoms with Crippen LogP contribution in [-0.2, 0) is 14.4 Å². The number of carbonyl (C=O) groups excluding carboxylic acids is 2. The van der Waals surface area contributed by atoms with Crippen LogP contribution in [0.3, 0.4) is 0 Å². The smallest absolute Gasteiger partial charge is 0.308 e. The number of carbonyl (C=O) groups is 3. The fraction of sp³-hybridized carbons (Fsp3) is 0.500. The Balaban J connectivity index is 1.83. The van der Waals surface area contributed by atoms with Gasteiger partial charge in [-0.3, -0.25) is 14.4 Å². The number of aliphatic carboxylic acids is 1. The Morgan fingerprint density at radius 3 is 2.58 bits per heavy atom. The Labute approximate surface area is 156 Å². The lowest BCUT2D eigenvalue weighted by Gasteiger charge is -2.36. The molecule has 2 rings (SSSR count). The highest BCUT2D eigenvalue weighted by atomic mass is 32.2. The van der Waals surface area contributed by atoms with Gasteiger partial charge in [-0.1, -0.05) is 6.92 Å². The van der Waals surface area contributed by atoms with Crippen LogP contribution in [0.15, 0.2) is 24.3 Å². The molecule has 1 aliphatic rings. The number of likely N-dealkylation sites (tertiary alicyclic amines) is 1. The summed E-state index contributed by atoms with van der Waals surface area (Å²) in [5.74, 6) is -2.02. The number of hydrogen-bond acceptors (Lipinski definition) is 4. The number of halogens is 1.